The van der Waals surface area contributed by atoms with E-state index in [4.69, 9.17) is 4.74 Å². The average molecular weight is 476 g/mol. The second kappa shape index (κ2) is 9.31. The van der Waals surface area contributed by atoms with E-state index in [-0.39, 0.29) is 12.3 Å². The molecule has 1 aliphatic heterocycles. The molecule has 0 bridgehead atoms. The van der Waals surface area contributed by atoms with Crippen LogP contribution < -0.4 is 10.0 Å². The first-order valence-corrected chi connectivity index (χ1v) is 12.5. The number of hydrogen-bond donors (Lipinski definition) is 3. The molecule has 1 fully saturated rings. The number of sulfonamides is 1. The molecule has 33 heavy (non-hydrogen) atoms. The lowest BCUT2D eigenvalue weighted by Gasteiger charge is -2.27. The maximum absolute atomic E-state index is 13.3. The fraction of sp³-hybridized carbons (Fsp3) is 0.500. The number of nitriles is 1. The maximum Gasteiger partial charge on any atom is 0.408 e. The Morgan fingerprint density at radius 1 is 1.36 bits per heavy atom. The van der Waals surface area contributed by atoms with Crippen LogP contribution in [-0.2, 0) is 26.0 Å². The van der Waals surface area contributed by atoms with Crippen LogP contribution in [0.15, 0.2) is 24.4 Å². The SMILES string of the molecule is CC(C)(C)OC(=O)NC(Cc1c[nH]c2ccc(NS(C)(=O)=O)cc12)C(=O)N1CCCC1C#N. The maximum atomic E-state index is 13.3. The molecule has 10 nitrogen and oxygen atoms in total. The first kappa shape index (κ1) is 24.4. The van der Waals surface area contributed by atoms with Crippen LogP contribution in [0.4, 0.5) is 10.5 Å². The molecule has 0 aliphatic carbocycles. The number of rotatable bonds is 6. The Kier molecular flexibility index (Phi) is 6.88. The number of hydrogen-bond acceptors (Lipinski definition) is 6. The number of anilines is 1. The molecule has 2 amide bonds. The Bertz CT molecular complexity index is 1190. The average Bonchev–Trinajstić information content (AvgIpc) is 3.31. The summed E-state index contributed by atoms with van der Waals surface area (Å²) in [5, 5.41) is 12.8. The number of likely N-dealkylation sites (tertiary alicyclic amines) is 1. The normalized spacial score (nSPS) is 17.4. The highest BCUT2D eigenvalue weighted by Gasteiger charge is 2.35. The summed E-state index contributed by atoms with van der Waals surface area (Å²) in [7, 11) is -3.46. The summed E-state index contributed by atoms with van der Waals surface area (Å²) in [6.07, 6.45) is 3.50. The third-order valence-corrected chi connectivity index (χ3v) is 5.78. The molecule has 3 rings (SSSR count). The zero-order chi connectivity index (χ0) is 24.4. The van der Waals surface area contributed by atoms with Gasteiger partial charge in [-0.05, 0) is 57.4 Å². The minimum Gasteiger partial charge on any atom is -0.444 e. The molecular formula is C22H29N5O5S. The summed E-state index contributed by atoms with van der Waals surface area (Å²) in [5.41, 5.74) is 1.11. The third-order valence-electron chi connectivity index (χ3n) is 5.17. The Balaban J connectivity index is 1.91. The van der Waals surface area contributed by atoms with E-state index >= 15 is 0 Å². The first-order chi connectivity index (χ1) is 15.4. The summed E-state index contributed by atoms with van der Waals surface area (Å²) in [6, 6.07) is 5.69. The second-order valence-corrected chi connectivity index (χ2v) is 10.9. The number of carbonyl (C=O) groups excluding carboxylic acids is 2. The van der Waals surface area contributed by atoms with Gasteiger partial charge in [0.2, 0.25) is 15.9 Å². The van der Waals surface area contributed by atoms with Crippen molar-refractivity contribution in [3.8, 4) is 6.07 Å². The minimum absolute atomic E-state index is 0.134. The van der Waals surface area contributed by atoms with E-state index in [9.17, 15) is 23.3 Å². The van der Waals surface area contributed by atoms with Crippen LogP contribution >= 0.6 is 0 Å². The summed E-state index contributed by atoms with van der Waals surface area (Å²) < 4.78 is 31.0. The largest absolute Gasteiger partial charge is 0.444 e. The summed E-state index contributed by atoms with van der Waals surface area (Å²) in [5.74, 6) is -0.357. The molecule has 2 aromatic rings. The number of aromatic nitrogens is 1. The number of amides is 2. The molecule has 1 aromatic heterocycles. The fourth-order valence-electron chi connectivity index (χ4n) is 3.86. The van der Waals surface area contributed by atoms with Crippen LogP contribution in [0.25, 0.3) is 10.9 Å². The lowest BCUT2D eigenvalue weighted by Crippen LogP contribution is -2.51. The highest BCUT2D eigenvalue weighted by Crippen LogP contribution is 2.25. The number of H-pyrrole nitrogens is 1. The smallest absolute Gasteiger partial charge is 0.408 e. The van der Waals surface area contributed by atoms with Gasteiger partial charge in [-0.25, -0.2) is 13.2 Å². The van der Waals surface area contributed by atoms with Crippen LogP contribution in [0.2, 0.25) is 0 Å². The molecule has 2 unspecified atom stereocenters. The number of benzene rings is 1. The molecule has 1 aromatic carbocycles. The van der Waals surface area contributed by atoms with Crippen molar-refractivity contribution in [3.63, 3.8) is 0 Å². The number of carbonyl (C=O) groups is 2. The van der Waals surface area contributed by atoms with Crippen molar-refractivity contribution in [2.45, 2.75) is 57.7 Å². The number of nitrogens with zero attached hydrogens (tertiary/aromatic N) is 2. The number of fused-ring (bicyclic) bond motifs is 1. The molecule has 11 heteroatoms. The molecule has 178 valence electrons. The molecule has 0 saturated carbocycles. The summed E-state index contributed by atoms with van der Waals surface area (Å²) >= 11 is 0. The summed E-state index contributed by atoms with van der Waals surface area (Å²) in [6.45, 7) is 5.63. The van der Waals surface area contributed by atoms with E-state index in [0.29, 0.717) is 29.6 Å². The zero-order valence-electron chi connectivity index (χ0n) is 19.1. The second-order valence-electron chi connectivity index (χ2n) is 9.17. The number of aromatic amines is 1. The molecule has 0 spiro atoms. The van der Waals surface area contributed by atoms with Crippen LogP contribution in [0.1, 0.15) is 39.2 Å². The molecule has 1 saturated heterocycles. The van der Waals surface area contributed by atoms with Gasteiger partial charge in [0.05, 0.1) is 12.3 Å². The highest BCUT2D eigenvalue weighted by molar-refractivity contribution is 7.92. The fourth-order valence-corrected chi connectivity index (χ4v) is 4.41. The van der Waals surface area contributed by atoms with Crippen LogP contribution in [0.5, 0.6) is 0 Å². The molecule has 0 radical (unpaired) electrons. The van der Waals surface area contributed by atoms with Crippen molar-refractivity contribution in [1.82, 2.24) is 15.2 Å². The van der Waals surface area contributed by atoms with Gasteiger partial charge in [0, 0.05) is 35.8 Å². The van der Waals surface area contributed by atoms with Crippen molar-refractivity contribution < 1.29 is 22.7 Å². The Hall–Kier alpha value is -3.26. The van der Waals surface area contributed by atoms with Gasteiger partial charge < -0.3 is 19.9 Å². The van der Waals surface area contributed by atoms with Gasteiger partial charge in [-0.15, -0.1) is 0 Å². The topological polar surface area (TPSA) is 144 Å². The van der Waals surface area contributed by atoms with Crippen LogP contribution in [-0.4, -0.2) is 60.8 Å². The van der Waals surface area contributed by atoms with Gasteiger partial charge in [0.25, 0.3) is 0 Å². The third kappa shape index (κ3) is 6.38. The van der Waals surface area contributed by atoms with Gasteiger partial charge >= 0.3 is 6.09 Å². The van der Waals surface area contributed by atoms with Gasteiger partial charge in [0.15, 0.2) is 0 Å². The van der Waals surface area contributed by atoms with Gasteiger partial charge in [-0.2, -0.15) is 5.26 Å². The van der Waals surface area contributed by atoms with Crippen molar-refractivity contribution >= 4 is 38.6 Å². The molecule has 2 heterocycles. The van der Waals surface area contributed by atoms with E-state index in [0.717, 1.165) is 18.2 Å². The number of alkyl carbamates (subject to hydrolysis) is 1. The molecular weight excluding hydrogens is 446 g/mol. The quantitative estimate of drug-likeness (QED) is 0.585. The Labute approximate surface area is 193 Å². The first-order valence-electron chi connectivity index (χ1n) is 10.6. The summed E-state index contributed by atoms with van der Waals surface area (Å²) in [4.78, 5) is 30.4. The predicted molar refractivity (Wildman–Crippen MR) is 124 cm³/mol. The van der Waals surface area contributed by atoms with Crippen molar-refractivity contribution in [2.75, 3.05) is 17.5 Å². The molecule has 3 N–H and O–H groups in total. The number of nitrogens with one attached hydrogen (secondary N) is 3. The Morgan fingerprint density at radius 3 is 2.73 bits per heavy atom. The van der Waals surface area contributed by atoms with E-state index < -0.39 is 33.8 Å². The van der Waals surface area contributed by atoms with Gasteiger partial charge in [-0.3, -0.25) is 9.52 Å². The van der Waals surface area contributed by atoms with E-state index in [1.54, 1.807) is 45.2 Å². The van der Waals surface area contributed by atoms with E-state index in [1.165, 1.54) is 4.90 Å². The molecule has 2 atom stereocenters. The minimum atomic E-state index is -3.46. The van der Waals surface area contributed by atoms with Gasteiger partial charge in [-0.1, -0.05) is 0 Å². The highest BCUT2D eigenvalue weighted by atomic mass is 32.2. The molecule has 1 aliphatic rings. The lowest BCUT2D eigenvalue weighted by atomic mass is 10.0. The van der Waals surface area contributed by atoms with Crippen LogP contribution in [0, 0.1) is 11.3 Å². The van der Waals surface area contributed by atoms with Crippen LogP contribution in [0.3, 0.4) is 0 Å². The predicted octanol–water partition coefficient (Wildman–Crippen LogP) is 2.49. The Morgan fingerprint density at radius 2 is 2.09 bits per heavy atom. The zero-order valence-corrected chi connectivity index (χ0v) is 20.0. The van der Waals surface area contributed by atoms with Crippen molar-refractivity contribution in [1.29, 1.82) is 5.26 Å². The van der Waals surface area contributed by atoms with E-state index in [1.807, 2.05) is 0 Å². The van der Waals surface area contributed by atoms with Crippen molar-refractivity contribution in [3.05, 3.63) is 30.0 Å². The van der Waals surface area contributed by atoms with Crippen molar-refractivity contribution in [2.24, 2.45) is 0 Å². The monoisotopic (exact) mass is 475 g/mol. The van der Waals surface area contributed by atoms with Gasteiger partial charge in [0.1, 0.15) is 17.7 Å². The lowest BCUT2D eigenvalue weighted by molar-refractivity contribution is -0.133. The number of ether oxygens (including phenoxy) is 1. The van der Waals surface area contributed by atoms with E-state index in [2.05, 4.69) is 21.1 Å². The standard InChI is InChI=1S/C22H29N5O5S/c1-22(2,3)32-21(29)25-19(20(28)27-9-5-6-16(27)12-23)10-14-13-24-18-8-7-15(11-17(14)18)26-33(4,30)31/h7-8,11,13,16,19,24,26H,5-6,9-10H2,1-4H3,(H,25,29).